The standard InChI is InChI=1S/C23H23O2PS2/c1-24-21-14-16-22(17-15-21)26(27,28)25-23(20-12-13-20,18-8-4-2-5-9-18)19-10-6-3-7-11-19/h2-11,14-17,20H,12-13H2,1H3,(H,27,28). The Kier molecular flexibility index (Phi) is 5.66. The van der Waals surface area contributed by atoms with Crippen LogP contribution in [0.15, 0.2) is 84.9 Å². The third kappa shape index (κ3) is 3.79. The zero-order chi connectivity index (χ0) is 19.6. The van der Waals surface area contributed by atoms with Crippen LogP contribution in [0.5, 0.6) is 5.75 Å². The van der Waals surface area contributed by atoms with Crippen LogP contribution in [0.2, 0.25) is 0 Å². The van der Waals surface area contributed by atoms with Gasteiger partial charge in [0.1, 0.15) is 16.8 Å². The van der Waals surface area contributed by atoms with Gasteiger partial charge in [-0.15, -0.1) is 12.2 Å². The van der Waals surface area contributed by atoms with Crippen molar-refractivity contribution in [2.75, 3.05) is 7.11 Å². The minimum atomic E-state index is -2.57. The van der Waals surface area contributed by atoms with E-state index in [4.69, 9.17) is 33.3 Å². The minimum Gasteiger partial charge on any atom is -0.497 e. The fourth-order valence-electron chi connectivity index (χ4n) is 3.70. The Balaban J connectivity index is 1.83. The first-order chi connectivity index (χ1) is 13.6. The molecule has 0 aromatic heterocycles. The van der Waals surface area contributed by atoms with Gasteiger partial charge in [0.2, 0.25) is 0 Å². The highest BCUT2D eigenvalue weighted by atomic mass is 32.9. The van der Waals surface area contributed by atoms with E-state index in [9.17, 15) is 0 Å². The van der Waals surface area contributed by atoms with Crippen LogP contribution in [0.1, 0.15) is 24.0 Å². The highest BCUT2D eigenvalue weighted by molar-refractivity contribution is 8.64. The summed E-state index contributed by atoms with van der Waals surface area (Å²) in [6.07, 6.45) is 2.24. The number of methoxy groups -OCH3 is 1. The summed E-state index contributed by atoms with van der Waals surface area (Å²) in [4.78, 5) is 0. The van der Waals surface area contributed by atoms with Crippen molar-refractivity contribution in [3.05, 3.63) is 96.1 Å². The minimum absolute atomic E-state index is 0.394. The Labute approximate surface area is 177 Å². The Morgan fingerprint density at radius 3 is 1.79 bits per heavy atom. The van der Waals surface area contributed by atoms with Gasteiger partial charge >= 0.3 is 0 Å². The molecule has 3 aromatic carbocycles. The quantitative estimate of drug-likeness (QED) is 0.373. The van der Waals surface area contributed by atoms with Crippen molar-refractivity contribution in [1.29, 1.82) is 0 Å². The number of thiol groups is 1. The predicted molar refractivity (Wildman–Crippen MR) is 123 cm³/mol. The first kappa shape index (κ1) is 19.7. The zero-order valence-corrected chi connectivity index (χ0v) is 18.3. The lowest BCUT2D eigenvalue weighted by Crippen LogP contribution is -2.33. The van der Waals surface area contributed by atoms with Gasteiger partial charge in [-0.25, -0.2) is 0 Å². The Morgan fingerprint density at radius 1 is 0.857 bits per heavy atom. The first-order valence-electron chi connectivity index (χ1n) is 9.35. The lowest BCUT2D eigenvalue weighted by molar-refractivity contribution is 0.107. The van der Waals surface area contributed by atoms with E-state index in [2.05, 4.69) is 48.5 Å². The summed E-state index contributed by atoms with van der Waals surface area (Å²) in [6.45, 7) is 0. The lowest BCUT2D eigenvalue weighted by atomic mass is 9.82. The van der Waals surface area contributed by atoms with E-state index < -0.39 is 11.1 Å². The molecule has 0 radical (unpaired) electrons. The second kappa shape index (κ2) is 8.04. The Hall–Kier alpha value is -1.58. The molecular formula is C23H23O2PS2. The molecule has 5 heteroatoms. The van der Waals surface area contributed by atoms with Crippen LogP contribution in [-0.4, -0.2) is 7.11 Å². The van der Waals surface area contributed by atoms with Crippen LogP contribution in [-0.2, 0) is 21.9 Å². The largest absolute Gasteiger partial charge is 0.497 e. The van der Waals surface area contributed by atoms with Crippen molar-refractivity contribution >= 4 is 34.8 Å². The van der Waals surface area contributed by atoms with Crippen molar-refractivity contribution in [1.82, 2.24) is 0 Å². The van der Waals surface area contributed by atoms with E-state index in [0.29, 0.717) is 5.92 Å². The molecule has 0 saturated heterocycles. The summed E-state index contributed by atoms with van der Waals surface area (Å²) in [6, 6.07) is 28.7. The van der Waals surface area contributed by atoms with Gasteiger partial charge in [0.25, 0.3) is 0 Å². The Bertz CT molecular complexity index is 931. The van der Waals surface area contributed by atoms with Crippen molar-refractivity contribution < 1.29 is 9.26 Å². The van der Waals surface area contributed by atoms with Crippen LogP contribution < -0.4 is 10.0 Å². The molecular weight excluding hydrogens is 403 g/mol. The van der Waals surface area contributed by atoms with Gasteiger partial charge in [-0.3, -0.25) is 0 Å². The van der Waals surface area contributed by atoms with Gasteiger partial charge in [-0.1, -0.05) is 72.5 Å². The second-order valence-corrected chi connectivity index (χ2v) is 12.8. The smallest absolute Gasteiger partial charge is 0.146 e. The summed E-state index contributed by atoms with van der Waals surface area (Å²) >= 11 is 10.9. The van der Waals surface area contributed by atoms with Crippen LogP contribution in [0.25, 0.3) is 0 Å². The maximum Gasteiger partial charge on any atom is 0.146 e. The average molecular weight is 427 g/mol. The van der Waals surface area contributed by atoms with E-state index >= 15 is 0 Å². The molecule has 1 unspecified atom stereocenters. The van der Waals surface area contributed by atoms with Crippen LogP contribution in [0.3, 0.4) is 0 Å². The van der Waals surface area contributed by atoms with E-state index in [1.807, 2.05) is 36.4 Å². The summed E-state index contributed by atoms with van der Waals surface area (Å²) < 4.78 is 12.2. The van der Waals surface area contributed by atoms with Gasteiger partial charge in [-0.2, -0.15) is 0 Å². The third-order valence-corrected chi connectivity index (χ3v) is 8.50. The molecule has 0 spiro atoms. The normalized spacial score (nSPS) is 16.4. The SMILES string of the molecule is COc1ccc(P(=S)(S)OC(c2ccccc2)(c2ccccc2)C2CC2)cc1. The monoisotopic (exact) mass is 426 g/mol. The molecule has 0 aliphatic heterocycles. The highest BCUT2D eigenvalue weighted by Gasteiger charge is 2.51. The van der Waals surface area contributed by atoms with Crippen LogP contribution in [0, 0.1) is 5.92 Å². The van der Waals surface area contributed by atoms with Gasteiger partial charge < -0.3 is 9.26 Å². The summed E-state index contributed by atoms with van der Waals surface area (Å²) in [5, 5.41) is 0.934. The van der Waals surface area contributed by atoms with Crippen molar-refractivity contribution in [2.45, 2.75) is 18.4 Å². The number of rotatable bonds is 7. The van der Waals surface area contributed by atoms with Crippen LogP contribution in [0.4, 0.5) is 0 Å². The van der Waals surface area contributed by atoms with Gasteiger partial charge in [-0.05, 0) is 54.2 Å². The molecule has 1 saturated carbocycles. The molecule has 3 aromatic rings. The number of ether oxygens (including phenoxy) is 1. The van der Waals surface area contributed by atoms with E-state index in [1.165, 1.54) is 0 Å². The topological polar surface area (TPSA) is 18.5 Å². The lowest BCUT2D eigenvalue weighted by Gasteiger charge is -2.39. The molecule has 1 fully saturated rings. The van der Waals surface area contributed by atoms with Crippen LogP contribution >= 0.6 is 17.7 Å². The molecule has 28 heavy (non-hydrogen) atoms. The highest BCUT2D eigenvalue weighted by Crippen LogP contribution is 2.63. The van der Waals surface area contributed by atoms with E-state index in [0.717, 1.165) is 35.0 Å². The van der Waals surface area contributed by atoms with E-state index in [1.54, 1.807) is 7.11 Å². The summed E-state index contributed by atoms with van der Waals surface area (Å²) in [5.74, 6) is 1.19. The molecule has 0 amide bonds. The van der Waals surface area contributed by atoms with Crippen molar-refractivity contribution in [3.63, 3.8) is 0 Å². The van der Waals surface area contributed by atoms with E-state index in [-0.39, 0.29) is 0 Å². The molecule has 0 N–H and O–H groups in total. The second-order valence-electron chi connectivity index (χ2n) is 7.05. The number of hydrogen-bond acceptors (Lipinski definition) is 3. The summed E-state index contributed by atoms with van der Waals surface area (Å²) in [7, 11) is 1.66. The maximum atomic E-state index is 6.93. The fraction of sp³-hybridized carbons (Fsp3) is 0.217. The van der Waals surface area contributed by atoms with Crippen molar-refractivity contribution in [2.24, 2.45) is 5.92 Å². The molecule has 0 heterocycles. The number of hydrogen-bond donors (Lipinski definition) is 1. The van der Waals surface area contributed by atoms with Gasteiger partial charge in [0.15, 0.2) is 0 Å². The predicted octanol–water partition coefficient (Wildman–Crippen LogP) is 5.93. The Morgan fingerprint density at radius 2 is 1.36 bits per heavy atom. The third-order valence-electron chi connectivity index (χ3n) is 5.22. The number of benzene rings is 3. The zero-order valence-electron chi connectivity index (χ0n) is 15.7. The molecule has 1 aliphatic rings. The van der Waals surface area contributed by atoms with Gasteiger partial charge in [0, 0.05) is 5.30 Å². The molecule has 1 atom stereocenters. The van der Waals surface area contributed by atoms with Crippen molar-refractivity contribution in [3.8, 4) is 5.75 Å². The van der Waals surface area contributed by atoms with Gasteiger partial charge in [0.05, 0.1) is 7.11 Å². The molecule has 2 nitrogen and oxygen atoms in total. The molecule has 0 bridgehead atoms. The fourth-order valence-corrected chi connectivity index (χ4v) is 6.58. The molecule has 144 valence electrons. The average Bonchev–Trinajstić information content (AvgIpc) is 3.59. The maximum absolute atomic E-state index is 6.93. The molecule has 4 rings (SSSR count). The first-order valence-corrected chi connectivity index (χ1v) is 13.2. The summed E-state index contributed by atoms with van der Waals surface area (Å²) in [5.41, 5.74) is -0.874. The molecule has 1 aliphatic carbocycles.